The van der Waals surface area contributed by atoms with E-state index in [9.17, 15) is 4.79 Å². The first-order valence-electron chi connectivity index (χ1n) is 8.80. The quantitative estimate of drug-likeness (QED) is 0.755. The maximum atomic E-state index is 12.9. The number of H-pyrrole nitrogens is 1. The smallest absolute Gasteiger partial charge is 0.230 e. The molecule has 1 amide bonds. The summed E-state index contributed by atoms with van der Waals surface area (Å²) in [5.74, 6) is 1.04. The molecule has 25 heavy (non-hydrogen) atoms. The average molecular weight is 377 g/mol. The summed E-state index contributed by atoms with van der Waals surface area (Å²) in [4.78, 5) is 12.9. The Morgan fingerprint density at radius 2 is 2.08 bits per heavy atom. The van der Waals surface area contributed by atoms with Crippen LogP contribution < -0.4 is 5.32 Å². The molecule has 2 aliphatic carbocycles. The van der Waals surface area contributed by atoms with Crippen LogP contribution in [0.25, 0.3) is 0 Å². The first-order valence-corrected chi connectivity index (χ1v) is 9.59. The lowest BCUT2D eigenvalue weighted by atomic mass is 9.64. The number of hydrogen-bond donors (Lipinski definition) is 2. The number of nitrogens with zero attached hydrogens (tertiary/aromatic N) is 2. The van der Waals surface area contributed by atoms with E-state index >= 15 is 0 Å². The van der Waals surface area contributed by atoms with Gasteiger partial charge in [-0.2, -0.15) is 5.10 Å². The maximum Gasteiger partial charge on any atom is 0.230 e. The summed E-state index contributed by atoms with van der Waals surface area (Å²) in [6.07, 6.45) is 5.87. The number of nitrogens with one attached hydrogen (secondary N) is 2. The van der Waals surface area contributed by atoms with Gasteiger partial charge in [-0.05, 0) is 55.6 Å². The van der Waals surface area contributed by atoms with E-state index in [1.165, 1.54) is 0 Å². The molecule has 2 aromatic rings. The number of benzene rings is 1. The van der Waals surface area contributed by atoms with Crippen LogP contribution in [0.1, 0.15) is 49.5 Å². The van der Waals surface area contributed by atoms with Crippen LogP contribution in [0.3, 0.4) is 0 Å². The number of carbonyl (C=O) groups is 1. The number of aromatic amines is 1. The molecule has 5 nitrogen and oxygen atoms in total. The van der Waals surface area contributed by atoms with Gasteiger partial charge in [0.25, 0.3) is 0 Å². The lowest BCUT2D eigenvalue weighted by Crippen LogP contribution is -2.49. The van der Waals surface area contributed by atoms with E-state index in [0.29, 0.717) is 28.8 Å². The van der Waals surface area contributed by atoms with E-state index in [1.807, 2.05) is 24.3 Å². The minimum absolute atomic E-state index is 0.105. The molecule has 2 fully saturated rings. The molecule has 7 heteroatoms. The van der Waals surface area contributed by atoms with E-state index in [4.69, 9.17) is 23.8 Å². The van der Waals surface area contributed by atoms with Gasteiger partial charge in [-0.3, -0.25) is 9.89 Å². The Morgan fingerprint density at radius 3 is 2.68 bits per heavy atom. The first kappa shape index (κ1) is 16.8. The number of amides is 1. The molecule has 0 bridgehead atoms. The van der Waals surface area contributed by atoms with Gasteiger partial charge in [-0.25, -0.2) is 0 Å². The first-order chi connectivity index (χ1) is 12.1. The monoisotopic (exact) mass is 376 g/mol. The topological polar surface area (TPSA) is 62.7 Å². The van der Waals surface area contributed by atoms with E-state index in [1.54, 1.807) is 0 Å². The van der Waals surface area contributed by atoms with Gasteiger partial charge < -0.3 is 9.88 Å². The van der Waals surface area contributed by atoms with Crippen molar-refractivity contribution in [1.82, 2.24) is 20.1 Å². The molecule has 0 unspecified atom stereocenters. The predicted molar refractivity (Wildman–Crippen MR) is 99.4 cm³/mol. The van der Waals surface area contributed by atoms with Crippen molar-refractivity contribution in [2.75, 3.05) is 6.54 Å². The Morgan fingerprint density at radius 1 is 1.36 bits per heavy atom. The standard InChI is InChI=1S/C18H21ClN4OS/c19-13-4-2-12(3-5-13)18(9-1-10-18)16(24)20-11-8-15-21-22-17(25)23(15)14-6-7-14/h2-5,14H,1,6-11H2,(H,20,24)(H,22,25). The van der Waals surface area contributed by atoms with Gasteiger partial charge in [0.05, 0.1) is 5.41 Å². The van der Waals surface area contributed by atoms with Crippen LogP contribution in [0, 0.1) is 4.77 Å². The number of rotatable bonds is 6. The second kappa shape index (κ2) is 6.57. The van der Waals surface area contributed by atoms with Gasteiger partial charge in [0, 0.05) is 24.0 Å². The van der Waals surface area contributed by atoms with Crippen LogP contribution in [0.15, 0.2) is 24.3 Å². The Balaban J connectivity index is 1.41. The highest BCUT2D eigenvalue weighted by atomic mass is 35.5. The SMILES string of the molecule is O=C(NCCc1n[nH]c(=S)n1C1CC1)C1(c2ccc(Cl)cc2)CCC1. The fourth-order valence-electron chi connectivity index (χ4n) is 3.63. The van der Waals surface area contributed by atoms with Gasteiger partial charge in [0.2, 0.25) is 5.91 Å². The summed E-state index contributed by atoms with van der Waals surface area (Å²) in [6.45, 7) is 0.570. The molecule has 2 saturated carbocycles. The molecule has 132 valence electrons. The van der Waals surface area contributed by atoms with Gasteiger partial charge in [0.15, 0.2) is 4.77 Å². The molecule has 2 N–H and O–H groups in total. The van der Waals surface area contributed by atoms with Crippen LogP contribution in [0.2, 0.25) is 5.02 Å². The van der Waals surface area contributed by atoms with Crippen molar-refractivity contribution in [3.8, 4) is 0 Å². The lowest BCUT2D eigenvalue weighted by molar-refractivity contribution is -0.129. The molecule has 1 heterocycles. The molecule has 0 radical (unpaired) electrons. The van der Waals surface area contributed by atoms with Crippen LogP contribution in [-0.4, -0.2) is 27.2 Å². The van der Waals surface area contributed by atoms with Crippen molar-refractivity contribution in [3.05, 3.63) is 45.4 Å². The Kier molecular flexibility index (Phi) is 4.41. The zero-order chi connectivity index (χ0) is 17.4. The van der Waals surface area contributed by atoms with E-state index in [-0.39, 0.29) is 5.91 Å². The second-order valence-electron chi connectivity index (χ2n) is 6.99. The largest absolute Gasteiger partial charge is 0.355 e. The van der Waals surface area contributed by atoms with Crippen molar-refractivity contribution in [3.63, 3.8) is 0 Å². The zero-order valence-corrected chi connectivity index (χ0v) is 15.5. The van der Waals surface area contributed by atoms with E-state index in [2.05, 4.69) is 20.1 Å². The third-order valence-electron chi connectivity index (χ3n) is 5.36. The summed E-state index contributed by atoms with van der Waals surface area (Å²) in [5.41, 5.74) is 0.660. The summed E-state index contributed by atoms with van der Waals surface area (Å²) >= 11 is 11.3. The fraction of sp³-hybridized carbons (Fsp3) is 0.500. The minimum atomic E-state index is -0.397. The summed E-state index contributed by atoms with van der Waals surface area (Å²) < 4.78 is 2.78. The normalized spacial score (nSPS) is 18.6. The van der Waals surface area contributed by atoms with Crippen molar-refractivity contribution in [2.24, 2.45) is 0 Å². The summed E-state index contributed by atoms with van der Waals surface area (Å²) in [7, 11) is 0. The molecule has 2 aliphatic rings. The fourth-order valence-corrected chi connectivity index (χ4v) is 4.05. The van der Waals surface area contributed by atoms with Crippen LogP contribution in [-0.2, 0) is 16.6 Å². The number of aromatic nitrogens is 3. The molecule has 4 rings (SSSR count). The van der Waals surface area contributed by atoms with Crippen molar-refractivity contribution >= 4 is 29.7 Å². The lowest BCUT2D eigenvalue weighted by Gasteiger charge is -2.40. The molecule has 1 aromatic carbocycles. The molecule has 0 spiro atoms. The van der Waals surface area contributed by atoms with Crippen molar-refractivity contribution < 1.29 is 4.79 Å². The molecule has 0 atom stereocenters. The van der Waals surface area contributed by atoms with Gasteiger partial charge in [0.1, 0.15) is 5.82 Å². The van der Waals surface area contributed by atoms with Gasteiger partial charge in [-0.1, -0.05) is 30.2 Å². The van der Waals surface area contributed by atoms with Crippen molar-refractivity contribution in [1.29, 1.82) is 0 Å². The van der Waals surface area contributed by atoms with Crippen LogP contribution in [0.5, 0.6) is 0 Å². The number of hydrogen-bond acceptors (Lipinski definition) is 3. The van der Waals surface area contributed by atoms with E-state index < -0.39 is 5.41 Å². The van der Waals surface area contributed by atoms with Crippen LogP contribution >= 0.6 is 23.8 Å². The third kappa shape index (κ3) is 3.13. The summed E-state index contributed by atoms with van der Waals surface area (Å²) in [5, 5.41) is 11.0. The highest BCUT2D eigenvalue weighted by Crippen LogP contribution is 2.44. The Bertz CT molecular complexity index is 834. The molecular weight excluding hydrogens is 356 g/mol. The number of halogens is 1. The maximum absolute atomic E-state index is 12.9. The van der Waals surface area contributed by atoms with Crippen LogP contribution in [0.4, 0.5) is 0 Å². The second-order valence-corrected chi connectivity index (χ2v) is 7.82. The highest BCUT2D eigenvalue weighted by Gasteiger charge is 2.45. The highest BCUT2D eigenvalue weighted by molar-refractivity contribution is 7.71. The Hall–Kier alpha value is -1.66. The van der Waals surface area contributed by atoms with Gasteiger partial charge in [-0.15, -0.1) is 0 Å². The minimum Gasteiger partial charge on any atom is -0.355 e. The molecule has 0 aliphatic heterocycles. The molecule has 1 aromatic heterocycles. The average Bonchev–Trinajstić information content (AvgIpc) is 3.32. The molecule has 0 saturated heterocycles. The predicted octanol–water partition coefficient (Wildman–Crippen LogP) is 3.71. The molecular formula is C18H21ClN4OS. The Labute approximate surface area is 156 Å². The number of carbonyl (C=O) groups excluding carboxylic acids is 1. The zero-order valence-electron chi connectivity index (χ0n) is 13.9. The summed E-state index contributed by atoms with van der Waals surface area (Å²) in [6, 6.07) is 8.15. The van der Waals surface area contributed by atoms with Crippen molar-refractivity contribution in [2.45, 2.75) is 50.0 Å². The van der Waals surface area contributed by atoms with Gasteiger partial charge >= 0.3 is 0 Å². The third-order valence-corrected chi connectivity index (χ3v) is 5.90. The van der Waals surface area contributed by atoms with E-state index in [0.717, 1.165) is 43.5 Å².